The SMILES string of the molecule is O=C(NC1CCN(C(=O)c2cnc(Cl)cn2)CC1)C1CC1. The molecular weight excluding hydrogens is 292 g/mol. The van der Waals surface area contributed by atoms with Gasteiger partial charge >= 0.3 is 0 Å². The van der Waals surface area contributed by atoms with Crippen molar-refractivity contribution in [1.82, 2.24) is 20.2 Å². The van der Waals surface area contributed by atoms with Crippen LogP contribution < -0.4 is 5.32 Å². The smallest absolute Gasteiger partial charge is 0.274 e. The lowest BCUT2D eigenvalue weighted by molar-refractivity contribution is -0.123. The quantitative estimate of drug-likeness (QED) is 0.912. The molecule has 0 radical (unpaired) electrons. The monoisotopic (exact) mass is 308 g/mol. The van der Waals surface area contributed by atoms with E-state index < -0.39 is 0 Å². The number of hydrogen-bond donors (Lipinski definition) is 1. The van der Waals surface area contributed by atoms with Crippen molar-refractivity contribution < 1.29 is 9.59 Å². The van der Waals surface area contributed by atoms with E-state index in [-0.39, 0.29) is 28.9 Å². The predicted octanol–water partition coefficient (Wildman–Crippen LogP) is 1.26. The highest BCUT2D eigenvalue weighted by molar-refractivity contribution is 6.29. The van der Waals surface area contributed by atoms with Crippen molar-refractivity contribution in [2.45, 2.75) is 31.7 Å². The van der Waals surface area contributed by atoms with Crippen LogP contribution in [-0.4, -0.2) is 45.8 Å². The molecule has 2 amide bonds. The van der Waals surface area contributed by atoms with Crippen LogP contribution in [0, 0.1) is 5.92 Å². The maximum Gasteiger partial charge on any atom is 0.274 e. The van der Waals surface area contributed by atoms with Gasteiger partial charge in [-0.25, -0.2) is 9.97 Å². The molecule has 1 aliphatic heterocycles. The molecular formula is C14H17ClN4O2. The summed E-state index contributed by atoms with van der Waals surface area (Å²) in [7, 11) is 0. The zero-order valence-corrected chi connectivity index (χ0v) is 12.3. The third-order valence-corrected chi connectivity index (χ3v) is 4.11. The van der Waals surface area contributed by atoms with Crippen LogP contribution >= 0.6 is 11.6 Å². The lowest BCUT2D eigenvalue weighted by Gasteiger charge is -2.32. The normalized spacial score (nSPS) is 19.4. The molecule has 2 fully saturated rings. The van der Waals surface area contributed by atoms with Gasteiger partial charge in [0.05, 0.1) is 12.4 Å². The fourth-order valence-electron chi connectivity index (χ4n) is 2.48. The number of rotatable bonds is 3. The summed E-state index contributed by atoms with van der Waals surface area (Å²) in [6.07, 6.45) is 6.36. The molecule has 0 spiro atoms. The van der Waals surface area contributed by atoms with Gasteiger partial charge in [0.1, 0.15) is 10.8 Å². The molecule has 1 aromatic heterocycles. The van der Waals surface area contributed by atoms with Crippen molar-refractivity contribution in [2.24, 2.45) is 5.92 Å². The van der Waals surface area contributed by atoms with Crippen molar-refractivity contribution in [3.8, 4) is 0 Å². The minimum Gasteiger partial charge on any atom is -0.353 e. The zero-order chi connectivity index (χ0) is 14.8. The molecule has 3 rings (SSSR count). The van der Waals surface area contributed by atoms with Crippen LogP contribution in [0.25, 0.3) is 0 Å². The van der Waals surface area contributed by atoms with Gasteiger partial charge in [-0.1, -0.05) is 11.6 Å². The highest BCUT2D eigenvalue weighted by Gasteiger charge is 2.32. The van der Waals surface area contributed by atoms with Crippen molar-refractivity contribution in [2.75, 3.05) is 13.1 Å². The number of halogens is 1. The number of amides is 2. The van der Waals surface area contributed by atoms with E-state index in [1.54, 1.807) is 4.90 Å². The van der Waals surface area contributed by atoms with Crippen LogP contribution in [0.2, 0.25) is 5.15 Å². The van der Waals surface area contributed by atoms with E-state index in [2.05, 4.69) is 15.3 Å². The van der Waals surface area contributed by atoms with Crippen LogP contribution in [0.4, 0.5) is 0 Å². The lowest BCUT2D eigenvalue weighted by atomic mass is 10.0. The maximum atomic E-state index is 12.3. The fourth-order valence-corrected chi connectivity index (χ4v) is 2.57. The molecule has 0 atom stereocenters. The highest BCUT2D eigenvalue weighted by Crippen LogP contribution is 2.29. The maximum absolute atomic E-state index is 12.3. The fraction of sp³-hybridized carbons (Fsp3) is 0.571. The molecule has 1 N–H and O–H groups in total. The van der Waals surface area contributed by atoms with Crippen molar-refractivity contribution >= 4 is 23.4 Å². The number of likely N-dealkylation sites (tertiary alicyclic amines) is 1. The summed E-state index contributed by atoms with van der Waals surface area (Å²) < 4.78 is 0. The second-order valence-electron chi connectivity index (χ2n) is 5.57. The largest absolute Gasteiger partial charge is 0.353 e. The number of nitrogens with one attached hydrogen (secondary N) is 1. The predicted molar refractivity (Wildman–Crippen MR) is 76.8 cm³/mol. The van der Waals surface area contributed by atoms with Crippen molar-refractivity contribution in [3.05, 3.63) is 23.2 Å². The number of aromatic nitrogens is 2. The van der Waals surface area contributed by atoms with Crippen LogP contribution in [0.5, 0.6) is 0 Å². The standard InChI is InChI=1S/C14H17ClN4O2/c15-12-8-16-11(7-17-12)14(21)19-5-3-10(4-6-19)18-13(20)9-1-2-9/h7-10H,1-6H2,(H,18,20). The average Bonchev–Trinajstić information content (AvgIpc) is 3.33. The Morgan fingerprint density at radius 2 is 1.86 bits per heavy atom. The second-order valence-corrected chi connectivity index (χ2v) is 5.96. The number of carbonyl (C=O) groups is 2. The molecule has 112 valence electrons. The van der Waals surface area contributed by atoms with Gasteiger partial charge in [-0.15, -0.1) is 0 Å². The van der Waals surface area contributed by atoms with E-state index in [4.69, 9.17) is 11.6 Å². The Hall–Kier alpha value is -1.69. The molecule has 7 heteroatoms. The second kappa shape index (κ2) is 5.97. The first kappa shape index (κ1) is 14.3. The third kappa shape index (κ3) is 3.50. The van der Waals surface area contributed by atoms with Gasteiger partial charge in [-0.05, 0) is 25.7 Å². The minimum atomic E-state index is -0.133. The highest BCUT2D eigenvalue weighted by atomic mass is 35.5. The summed E-state index contributed by atoms with van der Waals surface area (Å²) in [5.74, 6) is 0.267. The molecule has 2 aliphatic rings. The Morgan fingerprint density at radius 1 is 1.14 bits per heavy atom. The molecule has 1 saturated heterocycles. The van der Waals surface area contributed by atoms with Gasteiger partial charge < -0.3 is 10.2 Å². The van der Waals surface area contributed by atoms with Crippen LogP contribution in [0.3, 0.4) is 0 Å². The molecule has 0 unspecified atom stereocenters. The lowest BCUT2D eigenvalue weighted by Crippen LogP contribution is -2.47. The van der Waals surface area contributed by atoms with E-state index in [9.17, 15) is 9.59 Å². The van der Waals surface area contributed by atoms with Gasteiger partial charge in [0, 0.05) is 25.0 Å². The van der Waals surface area contributed by atoms with Crippen molar-refractivity contribution in [1.29, 1.82) is 0 Å². The third-order valence-electron chi connectivity index (χ3n) is 3.92. The van der Waals surface area contributed by atoms with E-state index in [1.807, 2.05) is 0 Å². The van der Waals surface area contributed by atoms with Gasteiger partial charge in [0.25, 0.3) is 5.91 Å². The molecule has 1 saturated carbocycles. The number of carbonyl (C=O) groups excluding carboxylic acids is 2. The number of hydrogen-bond acceptors (Lipinski definition) is 4. The average molecular weight is 309 g/mol. The number of piperidine rings is 1. The molecule has 6 nitrogen and oxygen atoms in total. The summed E-state index contributed by atoms with van der Waals surface area (Å²) >= 11 is 5.66. The molecule has 0 aromatic carbocycles. The molecule has 1 aromatic rings. The molecule has 21 heavy (non-hydrogen) atoms. The first-order valence-electron chi connectivity index (χ1n) is 7.20. The summed E-state index contributed by atoms with van der Waals surface area (Å²) in [6.45, 7) is 1.25. The Labute approximate surface area is 127 Å². The van der Waals surface area contributed by atoms with E-state index >= 15 is 0 Å². The number of nitrogens with zero attached hydrogens (tertiary/aromatic N) is 3. The molecule has 1 aliphatic carbocycles. The molecule has 0 bridgehead atoms. The van der Waals surface area contributed by atoms with Crippen LogP contribution in [-0.2, 0) is 4.79 Å². The Bertz CT molecular complexity index is 536. The summed E-state index contributed by atoms with van der Waals surface area (Å²) in [5.41, 5.74) is 0.305. The van der Waals surface area contributed by atoms with Crippen LogP contribution in [0.1, 0.15) is 36.2 Å². The van der Waals surface area contributed by atoms with Gasteiger partial charge in [-0.2, -0.15) is 0 Å². The zero-order valence-electron chi connectivity index (χ0n) is 11.6. The van der Waals surface area contributed by atoms with Gasteiger partial charge in [0.15, 0.2) is 0 Å². The topological polar surface area (TPSA) is 75.2 Å². The first-order chi connectivity index (χ1) is 10.1. The summed E-state index contributed by atoms with van der Waals surface area (Å²) in [5, 5.41) is 3.34. The Morgan fingerprint density at radius 3 is 2.43 bits per heavy atom. The van der Waals surface area contributed by atoms with E-state index in [0.29, 0.717) is 18.8 Å². The van der Waals surface area contributed by atoms with E-state index in [1.165, 1.54) is 12.4 Å². The van der Waals surface area contributed by atoms with Gasteiger partial charge in [0.2, 0.25) is 5.91 Å². The summed E-state index contributed by atoms with van der Waals surface area (Å²) in [6, 6.07) is 0.179. The molecule has 2 heterocycles. The van der Waals surface area contributed by atoms with E-state index in [0.717, 1.165) is 25.7 Å². The Kier molecular flexibility index (Phi) is 4.05. The first-order valence-corrected chi connectivity index (χ1v) is 7.58. The Balaban J connectivity index is 1.51. The van der Waals surface area contributed by atoms with Crippen LogP contribution in [0.15, 0.2) is 12.4 Å². The minimum absolute atomic E-state index is 0.133. The van der Waals surface area contributed by atoms with Crippen molar-refractivity contribution in [3.63, 3.8) is 0 Å². The van der Waals surface area contributed by atoms with Gasteiger partial charge in [-0.3, -0.25) is 9.59 Å². The summed E-state index contributed by atoms with van der Waals surface area (Å²) in [4.78, 5) is 33.6.